The summed E-state index contributed by atoms with van der Waals surface area (Å²) in [5.74, 6) is -0.384. The van der Waals surface area contributed by atoms with Gasteiger partial charge in [-0.3, -0.25) is 14.5 Å². The molecule has 17 heavy (non-hydrogen) atoms. The molecule has 0 radical (unpaired) electrons. The van der Waals surface area contributed by atoms with Crippen molar-refractivity contribution in [2.24, 2.45) is 5.92 Å². The van der Waals surface area contributed by atoms with E-state index in [2.05, 4.69) is 0 Å². The van der Waals surface area contributed by atoms with Gasteiger partial charge in [0, 0.05) is 6.54 Å². The van der Waals surface area contributed by atoms with Gasteiger partial charge in [0.2, 0.25) is 0 Å². The topological polar surface area (TPSA) is 55.6 Å². The first-order valence-electron chi connectivity index (χ1n) is 6.11. The van der Waals surface area contributed by atoms with Crippen LogP contribution in [0.1, 0.15) is 27.7 Å². The maximum Gasteiger partial charge on any atom is 0.324 e. The lowest BCUT2D eigenvalue weighted by atomic mass is 10.0. The fraction of sp³-hybridized carbons (Fsp3) is 0.833. The number of nitrogens with zero attached hydrogens (tertiary/aromatic N) is 1. The summed E-state index contributed by atoms with van der Waals surface area (Å²) in [7, 11) is 0. The quantitative estimate of drug-likeness (QED) is 0.510. The molecule has 0 aromatic rings. The number of carbonyl (C=O) groups is 2. The zero-order chi connectivity index (χ0) is 13.0. The third kappa shape index (κ3) is 3.43. The van der Waals surface area contributed by atoms with Gasteiger partial charge in [-0.2, -0.15) is 0 Å². The molecular weight excluding hydrogens is 222 g/mol. The summed E-state index contributed by atoms with van der Waals surface area (Å²) in [4.78, 5) is 25.1. The van der Waals surface area contributed by atoms with Crippen molar-refractivity contribution in [3.05, 3.63) is 0 Å². The summed E-state index contributed by atoms with van der Waals surface area (Å²) in [5, 5.41) is 0. The second-order valence-electron chi connectivity index (χ2n) is 4.41. The predicted octanol–water partition coefficient (Wildman–Crippen LogP) is 0.821. The molecule has 0 aromatic carbocycles. The highest BCUT2D eigenvalue weighted by molar-refractivity contribution is 5.83. The number of ether oxygens (including phenoxy) is 2. The summed E-state index contributed by atoms with van der Waals surface area (Å²) in [6.45, 7) is 8.76. The average Bonchev–Trinajstić information content (AvgIpc) is 2.98. The number of carbonyl (C=O) groups excluding carboxylic acids is 2. The zero-order valence-corrected chi connectivity index (χ0v) is 10.9. The van der Waals surface area contributed by atoms with Crippen LogP contribution in [-0.4, -0.2) is 48.7 Å². The van der Waals surface area contributed by atoms with Gasteiger partial charge >= 0.3 is 11.9 Å². The van der Waals surface area contributed by atoms with E-state index < -0.39 is 0 Å². The first kappa shape index (κ1) is 14.0. The molecule has 1 saturated heterocycles. The van der Waals surface area contributed by atoms with Crippen molar-refractivity contribution in [1.29, 1.82) is 0 Å². The molecular formula is C12H21NO4. The minimum atomic E-state index is -0.343. The SMILES string of the molecule is CCOC(=O)[C@H](C(C)C)N1C[C@H]1C(=O)OCC. The summed E-state index contributed by atoms with van der Waals surface area (Å²) < 4.78 is 9.95. The molecule has 1 unspecified atom stereocenters. The van der Waals surface area contributed by atoms with Crippen LogP contribution >= 0.6 is 0 Å². The van der Waals surface area contributed by atoms with Gasteiger partial charge < -0.3 is 9.47 Å². The van der Waals surface area contributed by atoms with Crippen molar-refractivity contribution >= 4 is 11.9 Å². The summed E-state index contributed by atoms with van der Waals surface area (Å²) in [5.41, 5.74) is 0. The molecule has 0 N–H and O–H groups in total. The minimum Gasteiger partial charge on any atom is -0.465 e. The van der Waals surface area contributed by atoms with Crippen molar-refractivity contribution in [2.45, 2.75) is 39.8 Å². The molecule has 0 saturated carbocycles. The van der Waals surface area contributed by atoms with E-state index in [4.69, 9.17) is 9.47 Å². The van der Waals surface area contributed by atoms with Crippen molar-refractivity contribution < 1.29 is 19.1 Å². The lowest BCUT2D eigenvalue weighted by Gasteiger charge is -2.20. The van der Waals surface area contributed by atoms with Crippen LogP contribution in [-0.2, 0) is 19.1 Å². The van der Waals surface area contributed by atoms with Crippen LogP contribution in [0.15, 0.2) is 0 Å². The first-order valence-corrected chi connectivity index (χ1v) is 6.11. The van der Waals surface area contributed by atoms with Crippen LogP contribution in [0.25, 0.3) is 0 Å². The Morgan fingerprint density at radius 3 is 2.29 bits per heavy atom. The highest BCUT2D eigenvalue weighted by Crippen LogP contribution is 2.27. The Kier molecular flexibility index (Phi) is 4.93. The van der Waals surface area contributed by atoms with Gasteiger partial charge in [0.15, 0.2) is 0 Å². The Morgan fingerprint density at radius 2 is 1.82 bits per heavy atom. The van der Waals surface area contributed by atoms with E-state index in [1.165, 1.54) is 0 Å². The standard InChI is InChI=1S/C12H21NO4/c1-5-16-11(14)9-7-13(9)10(8(3)4)12(15)17-6-2/h8-10H,5-7H2,1-4H3/t9-,10-,13?/m0/s1. The molecule has 0 aliphatic carbocycles. The fourth-order valence-electron chi connectivity index (χ4n) is 1.93. The molecule has 1 fully saturated rings. The molecule has 0 bridgehead atoms. The Labute approximate surface area is 102 Å². The van der Waals surface area contributed by atoms with E-state index in [9.17, 15) is 9.59 Å². The van der Waals surface area contributed by atoms with Crippen molar-refractivity contribution in [3.63, 3.8) is 0 Å². The molecule has 0 aromatic heterocycles. The normalized spacial score (nSPS) is 24.3. The molecule has 5 heteroatoms. The second-order valence-corrected chi connectivity index (χ2v) is 4.41. The van der Waals surface area contributed by atoms with E-state index >= 15 is 0 Å². The number of hydrogen-bond acceptors (Lipinski definition) is 5. The van der Waals surface area contributed by atoms with Crippen molar-refractivity contribution in [2.75, 3.05) is 19.8 Å². The number of esters is 2. The minimum absolute atomic E-state index is 0.119. The van der Waals surface area contributed by atoms with Crippen LogP contribution in [0, 0.1) is 5.92 Å². The molecule has 1 aliphatic rings. The highest BCUT2D eigenvalue weighted by atomic mass is 16.5. The van der Waals surface area contributed by atoms with Crippen molar-refractivity contribution in [1.82, 2.24) is 4.90 Å². The van der Waals surface area contributed by atoms with Gasteiger partial charge in [-0.1, -0.05) is 13.8 Å². The third-order valence-electron chi connectivity index (χ3n) is 2.73. The lowest BCUT2D eigenvalue weighted by molar-refractivity contribution is -0.150. The molecule has 0 spiro atoms. The second kappa shape index (κ2) is 6.00. The first-order chi connectivity index (χ1) is 8.02. The van der Waals surface area contributed by atoms with Gasteiger partial charge in [-0.25, -0.2) is 0 Å². The Balaban J connectivity index is 2.57. The Morgan fingerprint density at radius 1 is 1.24 bits per heavy atom. The summed E-state index contributed by atoms with van der Waals surface area (Å²) in [6, 6.07) is -0.615. The van der Waals surface area contributed by atoms with Crippen LogP contribution in [0.4, 0.5) is 0 Å². The fourth-order valence-corrected chi connectivity index (χ4v) is 1.93. The number of rotatable bonds is 6. The van der Waals surface area contributed by atoms with Gasteiger partial charge in [0.05, 0.1) is 13.2 Å². The summed E-state index contributed by atoms with van der Waals surface area (Å²) >= 11 is 0. The van der Waals surface area contributed by atoms with E-state index in [0.717, 1.165) is 0 Å². The van der Waals surface area contributed by atoms with E-state index in [1.807, 2.05) is 18.7 Å². The maximum absolute atomic E-state index is 11.8. The van der Waals surface area contributed by atoms with E-state index in [-0.39, 0.29) is 29.9 Å². The Hall–Kier alpha value is -1.10. The molecule has 0 amide bonds. The van der Waals surface area contributed by atoms with Gasteiger partial charge in [-0.15, -0.1) is 0 Å². The van der Waals surface area contributed by atoms with Crippen LogP contribution in [0.2, 0.25) is 0 Å². The molecule has 5 nitrogen and oxygen atoms in total. The summed E-state index contributed by atoms with van der Waals surface area (Å²) in [6.07, 6.45) is 0. The molecule has 1 heterocycles. The van der Waals surface area contributed by atoms with Crippen LogP contribution < -0.4 is 0 Å². The van der Waals surface area contributed by atoms with Gasteiger partial charge in [0.25, 0.3) is 0 Å². The smallest absolute Gasteiger partial charge is 0.324 e. The number of hydrogen-bond donors (Lipinski definition) is 0. The van der Waals surface area contributed by atoms with Crippen molar-refractivity contribution in [3.8, 4) is 0 Å². The zero-order valence-electron chi connectivity index (χ0n) is 10.9. The predicted molar refractivity (Wildman–Crippen MR) is 62.4 cm³/mol. The average molecular weight is 243 g/mol. The molecule has 1 aliphatic heterocycles. The molecule has 1 rings (SSSR count). The van der Waals surface area contributed by atoms with Gasteiger partial charge in [-0.05, 0) is 19.8 Å². The Bertz CT molecular complexity index is 290. The largest absolute Gasteiger partial charge is 0.465 e. The monoisotopic (exact) mass is 243 g/mol. The van der Waals surface area contributed by atoms with Crippen LogP contribution in [0.3, 0.4) is 0 Å². The lowest BCUT2D eigenvalue weighted by Crippen LogP contribution is -2.38. The maximum atomic E-state index is 11.8. The van der Waals surface area contributed by atoms with E-state index in [1.54, 1.807) is 13.8 Å². The molecule has 98 valence electrons. The highest BCUT2D eigenvalue weighted by Gasteiger charge is 2.49. The van der Waals surface area contributed by atoms with Gasteiger partial charge in [0.1, 0.15) is 12.1 Å². The van der Waals surface area contributed by atoms with Crippen LogP contribution in [0.5, 0.6) is 0 Å². The molecule has 3 atom stereocenters. The van der Waals surface area contributed by atoms with E-state index in [0.29, 0.717) is 19.8 Å². The third-order valence-corrected chi connectivity index (χ3v) is 2.73.